The number of hydrogen-bond donors (Lipinski definition) is 1. The highest BCUT2D eigenvalue weighted by molar-refractivity contribution is 7.90. The van der Waals surface area contributed by atoms with Crippen LogP contribution in [-0.4, -0.2) is 31.9 Å². The van der Waals surface area contributed by atoms with Crippen LogP contribution in [-0.2, 0) is 9.84 Å². The molecule has 1 rings (SSSR count). The fraction of sp³-hybridized carbons (Fsp3) is 0.333. The molecule has 0 unspecified atom stereocenters. The standard InChI is InChI=1S/C9H11FN2O4S/c1-17(15,16)5-4-11-8-3-2-7(10)6-9(8)12(13)14/h2-3,6,11H,4-5H2,1H3. The van der Waals surface area contributed by atoms with Crippen molar-refractivity contribution >= 4 is 21.2 Å². The van der Waals surface area contributed by atoms with E-state index in [-0.39, 0.29) is 18.0 Å². The number of benzene rings is 1. The van der Waals surface area contributed by atoms with E-state index >= 15 is 0 Å². The van der Waals surface area contributed by atoms with Gasteiger partial charge in [-0.3, -0.25) is 10.1 Å². The van der Waals surface area contributed by atoms with Crippen LogP contribution in [0.3, 0.4) is 0 Å². The maximum Gasteiger partial charge on any atom is 0.295 e. The Labute approximate surface area is 97.5 Å². The summed E-state index contributed by atoms with van der Waals surface area (Å²) in [5.41, 5.74) is -0.321. The van der Waals surface area contributed by atoms with Gasteiger partial charge in [-0.1, -0.05) is 0 Å². The lowest BCUT2D eigenvalue weighted by molar-refractivity contribution is -0.384. The third kappa shape index (κ3) is 4.35. The number of sulfone groups is 1. The number of nitrogens with zero attached hydrogens (tertiary/aromatic N) is 1. The van der Waals surface area contributed by atoms with Crippen LogP contribution in [0.1, 0.15) is 0 Å². The molecule has 0 aliphatic heterocycles. The predicted molar refractivity (Wildman–Crippen MR) is 61.3 cm³/mol. The second-order valence-electron chi connectivity index (χ2n) is 3.48. The lowest BCUT2D eigenvalue weighted by Crippen LogP contribution is -2.14. The number of rotatable bonds is 5. The van der Waals surface area contributed by atoms with Crippen molar-refractivity contribution in [2.24, 2.45) is 0 Å². The Morgan fingerprint density at radius 1 is 1.47 bits per heavy atom. The third-order valence-electron chi connectivity index (χ3n) is 1.94. The largest absolute Gasteiger partial charge is 0.378 e. The molecule has 0 fully saturated rings. The quantitative estimate of drug-likeness (QED) is 0.636. The van der Waals surface area contributed by atoms with Crippen LogP contribution in [0.5, 0.6) is 0 Å². The fourth-order valence-corrected chi connectivity index (χ4v) is 1.65. The molecular weight excluding hydrogens is 251 g/mol. The van der Waals surface area contributed by atoms with E-state index in [0.29, 0.717) is 0 Å². The highest BCUT2D eigenvalue weighted by Gasteiger charge is 2.14. The monoisotopic (exact) mass is 262 g/mol. The number of halogens is 1. The molecular formula is C9H11FN2O4S. The first kappa shape index (κ1) is 13.4. The van der Waals surface area contributed by atoms with Gasteiger partial charge in [0.05, 0.1) is 16.7 Å². The van der Waals surface area contributed by atoms with Crippen molar-refractivity contribution in [3.8, 4) is 0 Å². The second kappa shape index (κ2) is 5.09. The van der Waals surface area contributed by atoms with Gasteiger partial charge in [0.25, 0.3) is 5.69 Å². The predicted octanol–water partition coefficient (Wildman–Crippen LogP) is 1.19. The Kier molecular flexibility index (Phi) is 4.00. The Bertz CT molecular complexity index is 530. The Morgan fingerprint density at radius 3 is 2.65 bits per heavy atom. The van der Waals surface area contributed by atoms with Crippen molar-refractivity contribution in [3.63, 3.8) is 0 Å². The molecule has 6 nitrogen and oxygen atoms in total. The van der Waals surface area contributed by atoms with Crippen molar-refractivity contribution in [1.82, 2.24) is 0 Å². The van der Waals surface area contributed by atoms with Gasteiger partial charge in [-0.15, -0.1) is 0 Å². The number of nitro groups is 1. The molecule has 94 valence electrons. The van der Waals surface area contributed by atoms with E-state index in [9.17, 15) is 22.9 Å². The first-order valence-electron chi connectivity index (χ1n) is 4.65. The minimum atomic E-state index is -3.14. The SMILES string of the molecule is CS(=O)(=O)CCNc1ccc(F)cc1[N+](=O)[O-]. The highest BCUT2D eigenvalue weighted by Crippen LogP contribution is 2.24. The Morgan fingerprint density at radius 2 is 2.12 bits per heavy atom. The van der Waals surface area contributed by atoms with E-state index in [1.54, 1.807) is 0 Å². The van der Waals surface area contributed by atoms with Crippen LogP contribution >= 0.6 is 0 Å². The first-order valence-corrected chi connectivity index (χ1v) is 6.71. The topological polar surface area (TPSA) is 89.3 Å². The molecule has 0 heterocycles. The lowest BCUT2D eigenvalue weighted by Gasteiger charge is -2.06. The molecule has 0 bridgehead atoms. The van der Waals surface area contributed by atoms with E-state index in [1.165, 1.54) is 6.07 Å². The molecule has 8 heteroatoms. The van der Waals surface area contributed by atoms with Crippen LogP contribution in [0.25, 0.3) is 0 Å². The molecule has 0 saturated heterocycles. The number of nitrogens with one attached hydrogen (secondary N) is 1. The minimum absolute atomic E-state index is 0.0330. The maximum atomic E-state index is 12.8. The molecule has 0 atom stereocenters. The van der Waals surface area contributed by atoms with Crippen molar-refractivity contribution < 1.29 is 17.7 Å². The zero-order valence-corrected chi connectivity index (χ0v) is 9.83. The Balaban J connectivity index is 2.81. The van der Waals surface area contributed by atoms with Crippen LogP contribution < -0.4 is 5.32 Å². The summed E-state index contributed by atoms with van der Waals surface area (Å²) >= 11 is 0. The van der Waals surface area contributed by atoms with Crippen LogP contribution in [0, 0.1) is 15.9 Å². The van der Waals surface area contributed by atoms with Crippen LogP contribution in [0.2, 0.25) is 0 Å². The Hall–Kier alpha value is -1.70. The summed E-state index contributed by atoms with van der Waals surface area (Å²) < 4.78 is 34.5. The summed E-state index contributed by atoms with van der Waals surface area (Å²) in [5.74, 6) is -0.869. The molecule has 0 saturated carbocycles. The maximum absolute atomic E-state index is 12.8. The van der Waals surface area contributed by atoms with Crippen LogP contribution in [0.15, 0.2) is 18.2 Å². The van der Waals surface area contributed by atoms with E-state index in [2.05, 4.69) is 5.32 Å². The highest BCUT2D eigenvalue weighted by atomic mass is 32.2. The van der Waals surface area contributed by atoms with Gasteiger partial charge in [-0.2, -0.15) is 0 Å². The number of nitro benzene ring substituents is 1. The van der Waals surface area contributed by atoms with Crippen molar-refractivity contribution in [1.29, 1.82) is 0 Å². The number of anilines is 1. The summed E-state index contributed by atoms with van der Waals surface area (Å²) in [6, 6.07) is 3.05. The van der Waals surface area contributed by atoms with Gasteiger partial charge >= 0.3 is 0 Å². The van der Waals surface area contributed by atoms with Crippen molar-refractivity contribution in [2.45, 2.75) is 0 Å². The van der Waals surface area contributed by atoms with Crippen molar-refractivity contribution in [3.05, 3.63) is 34.1 Å². The lowest BCUT2D eigenvalue weighted by atomic mass is 10.2. The molecule has 1 N–H and O–H groups in total. The summed E-state index contributed by atoms with van der Waals surface area (Å²) in [6.07, 6.45) is 1.06. The van der Waals surface area contributed by atoms with Crippen LogP contribution in [0.4, 0.5) is 15.8 Å². The van der Waals surface area contributed by atoms with Gasteiger partial charge in [0.1, 0.15) is 21.3 Å². The van der Waals surface area contributed by atoms with Gasteiger partial charge < -0.3 is 5.32 Å². The average Bonchev–Trinajstić information content (AvgIpc) is 2.18. The van der Waals surface area contributed by atoms with E-state index in [4.69, 9.17) is 0 Å². The molecule has 0 spiro atoms. The van der Waals surface area contributed by atoms with E-state index in [0.717, 1.165) is 18.4 Å². The summed E-state index contributed by atoms with van der Waals surface area (Å²) in [4.78, 5) is 9.88. The molecule has 0 aromatic heterocycles. The zero-order chi connectivity index (χ0) is 13.1. The normalized spacial score (nSPS) is 11.2. The molecule has 1 aromatic carbocycles. The summed E-state index contributed by atoms with van der Waals surface area (Å²) in [5, 5.41) is 13.2. The van der Waals surface area contributed by atoms with E-state index in [1.807, 2.05) is 0 Å². The van der Waals surface area contributed by atoms with Gasteiger partial charge in [0, 0.05) is 12.8 Å². The third-order valence-corrected chi connectivity index (χ3v) is 2.89. The van der Waals surface area contributed by atoms with Crippen molar-refractivity contribution in [2.75, 3.05) is 23.9 Å². The smallest absolute Gasteiger partial charge is 0.295 e. The van der Waals surface area contributed by atoms with E-state index < -0.39 is 26.3 Å². The molecule has 0 radical (unpaired) electrons. The number of hydrogen-bond acceptors (Lipinski definition) is 5. The summed E-state index contributed by atoms with van der Waals surface area (Å²) in [6.45, 7) is 0.0330. The zero-order valence-electron chi connectivity index (χ0n) is 9.01. The molecule has 17 heavy (non-hydrogen) atoms. The average molecular weight is 262 g/mol. The fourth-order valence-electron chi connectivity index (χ4n) is 1.18. The van der Waals surface area contributed by atoms with Gasteiger partial charge in [-0.05, 0) is 12.1 Å². The molecule has 0 aliphatic rings. The molecule has 0 aliphatic carbocycles. The summed E-state index contributed by atoms with van der Waals surface area (Å²) in [7, 11) is -3.14. The molecule has 1 aromatic rings. The molecule has 0 amide bonds. The van der Waals surface area contributed by atoms with Gasteiger partial charge in [0.15, 0.2) is 0 Å². The second-order valence-corrected chi connectivity index (χ2v) is 5.73. The van der Waals surface area contributed by atoms with Gasteiger partial charge in [-0.25, -0.2) is 12.8 Å². The van der Waals surface area contributed by atoms with Gasteiger partial charge in [0.2, 0.25) is 0 Å². The minimum Gasteiger partial charge on any atom is -0.378 e. The first-order chi connectivity index (χ1) is 7.79.